The molecule has 0 spiro atoms. The van der Waals surface area contributed by atoms with Crippen molar-refractivity contribution in [2.45, 2.75) is 101 Å². The van der Waals surface area contributed by atoms with Crippen molar-refractivity contribution in [3.63, 3.8) is 0 Å². The maximum Gasteiger partial charge on any atom is 0.491 e. The number of carbonyl (C=O) groups is 2. The summed E-state index contributed by atoms with van der Waals surface area (Å²) in [4.78, 5) is 53.2. The van der Waals surface area contributed by atoms with Crippen LogP contribution in [0.25, 0.3) is 0 Å². The van der Waals surface area contributed by atoms with Crippen LogP contribution in [-0.4, -0.2) is 66.0 Å². The van der Waals surface area contributed by atoms with E-state index in [1.165, 1.54) is 0 Å². The fourth-order valence-electron chi connectivity index (χ4n) is 8.44. The summed E-state index contributed by atoms with van der Waals surface area (Å²) < 4.78 is 12.1. The summed E-state index contributed by atoms with van der Waals surface area (Å²) in [5.41, 5.74) is 2.73. The number of rotatable bonds is 18. The van der Waals surface area contributed by atoms with Gasteiger partial charge in [-0.15, -0.1) is 0 Å². The van der Waals surface area contributed by atoms with Crippen molar-refractivity contribution in [3.8, 4) is 0 Å². The van der Waals surface area contributed by atoms with Crippen LogP contribution in [-0.2, 0) is 18.9 Å². The lowest BCUT2D eigenvalue weighted by Gasteiger charge is -2.27. The Morgan fingerprint density at radius 2 is 0.881 bits per heavy atom. The van der Waals surface area contributed by atoms with Gasteiger partial charge in [0.1, 0.15) is 36.6 Å². The van der Waals surface area contributed by atoms with Crippen molar-refractivity contribution < 1.29 is 28.7 Å². The molecule has 2 saturated heterocycles. The van der Waals surface area contributed by atoms with Crippen LogP contribution < -0.4 is 21.3 Å². The molecule has 14 nitrogen and oxygen atoms in total. The monoisotopic (exact) mass is 803 g/mol. The third-order valence-corrected chi connectivity index (χ3v) is 11.0. The van der Waals surface area contributed by atoms with E-state index < -0.39 is 72.4 Å². The van der Waals surface area contributed by atoms with Gasteiger partial charge < -0.3 is 19.9 Å². The van der Waals surface area contributed by atoms with E-state index in [2.05, 4.69) is 21.3 Å². The third kappa shape index (κ3) is 10.6. The normalized spacial score (nSPS) is 25.0. The van der Waals surface area contributed by atoms with Crippen LogP contribution in [0, 0.1) is 32.1 Å². The summed E-state index contributed by atoms with van der Waals surface area (Å²) in [7, 11) is 1.10. The number of amides is 2. The molecule has 0 aliphatic carbocycles. The Hall–Kier alpha value is -5.48. The van der Waals surface area contributed by atoms with Crippen LogP contribution in [0.5, 0.6) is 0 Å². The first kappa shape index (κ1) is 43.1. The summed E-state index contributed by atoms with van der Waals surface area (Å²) in [5.74, 6) is -2.38. The largest absolute Gasteiger partial charge is 0.491 e. The van der Waals surface area contributed by atoms with Crippen molar-refractivity contribution >= 4 is 19.5 Å². The molecule has 10 atom stereocenters. The first-order chi connectivity index (χ1) is 28.4. The molecule has 10 unspecified atom stereocenters. The Morgan fingerprint density at radius 3 is 1.17 bits per heavy atom. The molecule has 6 rings (SSSR count). The van der Waals surface area contributed by atoms with Crippen LogP contribution in [0.4, 0.5) is 0 Å². The second-order valence-corrected chi connectivity index (χ2v) is 16.1. The number of nitrogens with one attached hydrogen (secondary N) is 4. The number of carbonyl (C=O) groups excluding carboxylic acids is 2. The van der Waals surface area contributed by atoms with Gasteiger partial charge in [-0.25, -0.2) is 0 Å². The Morgan fingerprint density at radius 1 is 0.576 bits per heavy atom. The molecule has 0 bridgehead atoms. The van der Waals surface area contributed by atoms with Gasteiger partial charge in [-0.2, -0.15) is 0 Å². The maximum absolute atomic E-state index is 14.2. The predicted molar refractivity (Wildman–Crippen MR) is 223 cm³/mol. The van der Waals surface area contributed by atoms with Crippen LogP contribution in [0.2, 0.25) is 0 Å². The topological polar surface area (TPSA) is 187 Å². The van der Waals surface area contributed by atoms with Crippen molar-refractivity contribution in [2.24, 2.45) is 11.8 Å². The van der Waals surface area contributed by atoms with Crippen LogP contribution in [0.1, 0.15) is 86.7 Å². The molecule has 4 aromatic carbocycles. The van der Waals surface area contributed by atoms with Crippen molar-refractivity contribution in [1.29, 1.82) is 0 Å². The fourth-order valence-corrected chi connectivity index (χ4v) is 8.44. The number of hydrogen-bond donors (Lipinski definition) is 4. The minimum atomic E-state index is -1.13. The van der Waals surface area contributed by atoms with E-state index in [9.17, 15) is 29.8 Å². The van der Waals surface area contributed by atoms with Crippen LogP contribution >= 0.6 is 0 Å². The molecule has 1 radical (unpaired) electrons. The van der Waals surface area contributed by atoms with Crippen LogP contribution in [0.15, 0.2) is 121 Å². The summed E-state index contributed by atoms with van der Waals surface area (Å²) in [5, 5.41) is 37.9. The first-order valence-electron chi connectivity index (χ1n) is 20.1. The van der Waals surface area contributed by atoms with Gasteiger partial charge in [0, 0.05) is 9.85 Å². The number of nitro groups is 2. The van der Waals surface area contributed by atoms with Crippen molar-refractivity contribution in [1.82, 2.24) is 21.3 Å². The van der Waals surface area contributed by atoms with Gasteiger partial charge in [0.05, 0.1) is 11.8 Å². The number of nitrogens with zero attached hydrogens (tertiary/aromatic N) is 2. The maximum atomic E-state index is 14.2. The summed E-state index contributed by atoms with van der Waals surface area (Å²) in [6.45, 7) is 7.88. The van der Waals surface area contributed by atoms with E-state index in [1.807, 2.05) is 100 Å². The fraction of sp³-hybridized carbons (Fsp3) is 0.409. The Balaban J connectivity index is 1.18. The van der Waals surface area contributed by atoms with Crippen LogP contribution in [0.3, 0.4) is 0 Å². The molecule has 2 fully saturated rings. The average molecular weight is 804 g/mol. The predicted octanol–water partition coefficient (Wildman–Crippen LogP) is 5.82. The molecule has 2 heterocycles. The lowest BCUT2D eigenvalue weighted by molar-refractivity contribution is -0.527. The van der Waals surface area contributed by atoms with E-state index in [0.717, 1.165) is 7.69 Å². The number of hydrogen-bond acceptors (Lipinski definition) is 10. The van der Waals surface area contributed by atoms with Gasteiger partial charge in [0.15, 0.2) is 0 Å². The Labute approximate surface area is 345 Å². The van der Waals surface area contributed by atoms with Gasteiger partial charge in [0.2, 0.25) is 23.9 Å². The molecule has 309 valence electrons. The molecule has 15 heteroatoms. The molecule has 0 saturated carbocycles. The van der Waals surface area contributed by atoms with E-state index in [4.69, 9.17) is 9.31 Å². The molecule has 4 aromatic rings. The highest BCUT2D eigenvalue weighted by molar-refractivity contribution is 6.18. The molecule has 4 N–H and O–H groups in total. The molecule has 2 amide bonds. The minimum absolute atomic E-state index is 0.0698. The molecular formula is C44H52BN6O8. The molecule has 59 heavy (non-hydrogen) atoms. The highest BCUT2D eigenvalue weighted by atomic mass is 16.6. The van der Waals surface area contributed by atoms with Gasteiger partial charge >= 0.3 is 7.69 Å². The second-order valence-electron chi connectivity index (χ2n) is 16.1. The number of benzene rings is 4. The van der Waals surface area contributed by atoms with E-state index in [0.29, 0.717) is 35.1 Å². The van der Waals surface area contributed by atoms with Gasteiger partial charge in [-0.1, -0.05) is 149 Å². The SMILES string of the molecule is CC(C)CC(NC(=O)C1NC(c2ccccc2)C([N+](=O)[O-])C1c1ccccc1)O[B]OC(CC(C)C)NC(=O)C1NC(c2ccccc2)C([N+](=O)[O-])C1c1ccccc1. The first-order valence-corrected chi connectivity index (χ1v) is 20.1. The van der Waals surface area contributed by atoms with Gasteiger partial charge in [-0.3, -0.25) is 40.5 Å². The van der Waals surface area contributed by atoms with Gasteiger partial charge in [-0.05, 0) is 46.9 Å². The zero-order valence-corrected chi connectivity index (χ0v) is 33.6. The van der Waals surface area contributed by atoms with Gasteiger partial charge in [0.25, 0.3) is 0 Å². The Kier molecular flexibility index (Phi) is 14.6. The average Bonchev–Trinajstić information content (AvgIpc) is 3.83. The highest BCUT2D eigenvalue weighted by Gasteiger charge is 2.56. The summed E-state index contributed by atoms with van der Waals surface area (Å²) in [6, 6.07) is 30.5. The second kappa shape index (κ2) is 20.0. The summed E-state index contributed by atoms with van der Waals surface area (Å²) >= 11 is 0. The smallest absolute Gasteiger partial charge is 0.393 e. The van der Waals surface area contributed by atoms with E-state index in [-0.39, 0.29) is 21.7 Å². The lowest BCUT2D eigenvalue weighted by atomic mass is 9.85. The minimum Gasteiger partial charge on any atom is -0.393 e. The van der Waals surface area contributed by atoms with Crippen molar-refractivity contribution in [2.75, 3.05) is 0 Å². The quantitative estimate of drug-likeness (QED) is 0.0414. The Bertz CT molecular complexity index is 1850. The lowest BCUT2D eigenvalue weighted by Crippen LogP contribution is -2.51. The third-order valence-electron chi connectivity index (χ3n) is 11.0. The highest BCUT2D eigenvalue weighted by Crippen LogP contribution is 2.42. The van der Waals surface area contributed by atoms with Crippen molar-refractivity contribution in [3.05, 3.63) is 164 Å². The molecular weight excluding hydrogens is 751 g/mol. The molecule has 2 aliphatic heterocycles. The molecule has 2 aliphatic rings. The zero-order chi connectivity index (χ0) is 42.1. The van der Waals surface area contributed by atoms with E-state index in [1.54, 1.807) is 48.5 Å². The standard InChI is InChI=1S/C44H52BN6O8/c1-27(2)25-33(46-43(52)39-35(29-17-9-5-10-18-29)41(50(54)55)37(48-39)31-21-13-7-14-22-31)58-45-59-34(26-28(3)4)47-44(53)40-36(30-19-11-6-12-20-30)42(51(56)57)38(49-40)32-23-15-8-16-24-32/h5-24,27-28,33-42,48-49H,25-26H2,1-4H3,(H,46,52)(H,47,53). The zero-order valence-electron chi connectivity index (χ0n) is 33.6. The summed E-state index contributed by atoms with van der Waals surface area (Å²) in [6.07, 6.45) is -1.01. The molecule has 0 aromatic heterocycles. The van der Waals surface area contributed by atoms with E-state index >= 15 is 0 Å².